The summed E-state index contributed by atoms with van der Waals surface area (Å²) in [6.07, 6.45) is 6.63. The van der Waals surface area contributed by atoms with Crippen LogP contribution in [-0.4, -0.2) is 21.9 Å². The molecule has 4 nitrogen and oxygen atoms in total. The molecule has 2 aromatic heterocycles. The van der Waals surface area contributed by atoms with Crippen molar-refractivity contribution < 1.29 is 4.79 Å². The number of carbonyl (C=O) groups excluding carboxylic acids is 1. The SMILES string of the molecule is CCn1c(C)c(C)c2cc(C(=O)C3CCCCC3)nc(N3CCc4ccccc4C3)c21. The molecule has 31 heavy (non-hydrogen) atoms. The number of hydrogen-bond donors (Lipinski definition) is 0. The Balaban J connectivity index is 1.64. The average Bonchev–Trinajstić information content (AvgIpc) is 3.07. The molecule has 0 amide bonds. The smallest absolute Gasteiger partial charge is 0.184 e. The first-order chi connectivity index (χ1) is 15.1. The number of aryl methyl sites for hydroxylation is 2. The average molecular weight is 416 g/mol. The van der Waals surface area contributed by atoms with E-state index in [4.69, 9.17) is 4.98 Å². The molecule has 4 heteroatoms. The van der Waals surface area contributed by atoms with E-state index < -0.39 is 0 Å². The molecule has 162 valence electrons. The molecule has 5 rings (SSSR count). The van der Waals surface area contributed by atoms with E-state index in [9.17, 15) is 4.79 Å². The Morgan fingerprint density at radius 1 is 1.10 bits per heavy atom. The fourth-order valence-electron chi connectivity index (χ4n) is 5.63. The number of nitrogens with zero attached hydrogens (tertiary/aromatic N) is 3. The van der Waals surface area contributed by atoms with Crippen molar-refractivity contribution in [2.24, 2.45) is 5.92 Å². The molecule has 1 aliphatic carbocycles. The van der Waals surface area contributed by atoms with Gasteiger partial charge in [0.15, 0.2) is 11.6 Å². The molecular formula is C27H33N3O. The second-order valence-corrected chi connectivity index (χ2v) is 9.32. The second-order valence-electron chi connectivity index (χ2n) is 9.32. The first-order valence-corrected chi connectivity index (χ1v) is 11.9. The summed E-state index contributed by atoms with van der Waals surface area (Å²) >= 11 is 0. The van der Waals surface area contributed by atoms with Crippen molar-refractivity contribution in [2.45, 2.75) is 72.4 Å². The van der Waals surface area contributed by atoms with Crippen molar-refractivity contribution in [3.05, 3.63) is 58.4 Å². The van der Waals surface area contributed by atoms with E-state index in [1.54, 1.807) is 0 Å². The van der Waals surface area contributed by atoms with Gasteiger partial charge in [-0.3, -0.25) is 4.79 Å². The van der Waals surface area contributed by atoms with Gasteiger partial charge in [0, 0.05) is 36.6 Å². The molecule has 0 N–H and O–H groups in total. The number of Topliss-reactive ketones (excluding diaryl/α,β-unsaturated/α-hetero) is 1. The van der Waals surface area contributed by atoms with E-state index in [2.05, 4.69) is 60.6 Å². The van der Waals surface area contributed by atoms with Crippen LogP contribution in [0.5, 0.6) is 0 Å². The molecule has 1 saturated carbocycles. The summed E-state index contributed by atoms with van der Waals surface area (Å²) in [5.41, 5.74) is 7.22. The normalized spacial score (nSPS) is 17.2. The lowest BCUT2D eigenvalue weighted by atomic mass is 9.85. The van der Waals surface area contributed by atoms with Gasteiger partial charge < -0.3 is 9.47 Å². The fraction of sp³-hybridized carbons (Fsp3) is 0.481. The Bertz CT molecular complexity index is 1140. The Labute approximate surface area is 185 Å². The van der Waals surface area contributed by atoms with Crippen molar-refractivity contribution in [1.29, 1.82) is 0 Å². The largest absolute Gasteiger partial charge is 0.350 e. The predicted molar refractivity (Wildman–Crippen MR) is 127 cm³/mol. The Morgan fingerprint density at radius 3 is 2.58 bits per heavy atom. The lowest BCUT2D eigenvalue weighted by molar-refractivity contribution is 0.0884. The summed E-state index contributed by atoms with van der Waals surface area (Å²) in [5, 5.41) is 1.20. The van der Waals surface area contributed by atoms with Crippen molar-refractivity contribution in [3.63, 3.8) is 0 Å². The molecule has 0 unspecified atom stereocenters. The molecular weight excluding hydrogens is 382 g/mol. The van der Waals surface area contributed by atoms with Gasteiger partial charge in [-0.15, -0.1) is 0 Å². The number of benzene rings is 1. The minimum absolute atomic E-state index is 0.142. The number of aromatic nitrogens is 2. The van der Waals surface area contributed by atoms with Crippen LogP contribution in [0.4, 0.5) is 5.82 Å². The van der Waals surface area contributed by atoms with Crippen molar-refractivity contribution >= 4 is 22.5 Å². The van der Waals surface area contributed by atoms with Crippen LogP contribution in [0, 0.1) is 19.8 Å². The number of ketones is 1. The van der Waals surface area contributed by atoms with Crippen LogP contribution in [0.2, 0.25) is 0 Å². The third kappa shape index (κ3) is 3.46. The second kappa shape index (κ2) is 8.14. The third-order valence-corrected chi connectivity index (χ3v) is 7.57. The Hall–Kier alpha value is -2.62. The lowest BCUT2D eigenvalue weighted by Gasteiger charge is -2.31. The van der Waals surface area contributed by atoms with E-state index in [1.165, 1.54) is 52.5 Å². The maximum absolute atomic E-state index is 13.5. The third-order valence-electron chi connectivity index (χ3n) is 7.57. The number of rotatable bonds is 4. The van der Waals surface area contributed by atoms with Crippen molar-refractivity contribution in [1.82, 2.24) is 9.55 Å². The standard InChI is InChI=1S/C27H33N3O/c1-4-30-19(3)18(2)23-16-24(26(31)21-11-6-5-7-12-21)28-27(25(23)30)29-15-14-20-10-8-9-13-22(20)17-29/h8-10,13,16,21H,4-7,11-12,14-15,17H2,1-3H3. The van der Waals surface area contributed by atoms with Gasteiger partial charge in [-0.2, -0.15) is 0 Å². The number of carbonyl (C=O) groups is 1. The van der Waals surface area contributed by atoms with Gasteiger partial charge in [-0.05, 0) is 62.8 Å². The van der Waals surface area contributed by atoms with E-state index >= 15 is 0 Å². The van der Waals surface area contributed by atoms with Gasteiger partial charge >= 0.3 is 0 Å². The maximum atomic E-state index is 13.5. The van der Waals surface area contributed by atoms with Crippen LogP contribution in [0.3, 0.4) is 0 Å². The highest BCUT2D eigenvalue weighted by Crippen LogP contribution is 2.36. The number of fused-ring (bicyclic) bond motifs is 2. The molecule has 0 radical (unpaired) electrons. The molecule has 0 atom stereocenters. The highest BCUT2D eigenvalue weighted by Gasteiger charge is 2.28. The summed E-state index contributed by atoms with van der Waals surface area (Å²) in [6, 6.07) is 10.8. The Kier molecular flexibility index (Phi) is 5.33. The molecule has 3 heterocycles. The van der Waals surface area contributed by atoms with E-state index in [-0.39, 0.29) is 11.7 Å². The zero-order valence-corrected chi connectivity index (χ0v) is 19.1. The molecule has 1 aliphatic heterocycles. The van der Waals surface area contributed by atoms with E-state index in [1.807, 2.05) is 0 Å². The summed E-state index contributed by atoms with van der Waals surface area (Å²) in [6.45, 7) is 9.28. The number of pyridine rings is 1. The zero-order valence-electron chi connectivity index (χ0n) is 19.1. The van der Waals surface area contributed by atoms with Crippen LogP contribution in [0.15, 0.2) is 30.3 Å². The molecule has 0 spiro atoms. The first kappa shape index (κ1) is 20.3. The maximum Gasteiger partial charge on any atom is 0.184 e. The molecule has 0 bridgehead atoms. The van der Waals surface area contributed by atoms with Crippen LogP contribution >= 0.6 is 0 Å². The molecule has 1 fully saturated rings. The van der Waals surface area contributed by atoms with Crippen LogP contribution in [-0.2, 0) is 19.5 Å². The van der Waals surface area contributed by atoms with Gasteiger partial charge in [-0.25, -0.2) is 4.98 Å². The quantitative estimate of drug-likeness (QED) is 0.491. The minimum atomic E-state index is 0.142. The molecule has 3 aromatic rings. The Morgan fingerprint density at radius 2 is 1.84 bits per heavy atom. The van der Waals surface area contributed by atoms with Gasteiger partial charge in [0.1, 0.15) is 5.69 Å². The van der Waals surface area contributed by atoms with Gasteiger partial charge in [0.25, 0.3) is 0 Å². The minimum Gasteiger partial charge on any atom is -0.350 e. The van der Waals surface area contributed by atoms with Gasteiger partial charge in [0.2, 0.25) is 0 Å². The molecule has 1 aromatic carbocycles. The monoisotopic (exact) mass is 415 g/mol. The first-order valence-electron chi connectivity index (χ1n) is 11.9. The number of anilines is 1. The zero-order chi connectivity index (χ0) is 21.5. The van der Waals surface area contributed by atoms with Crippen LogP contribution in [0.25, 0.3) is 10.9 Å². The summed E-state index contributed by atoms with van der Waals surface area (Å²) in [5.74, 6) is 1.38. The molecule has 2 aliphatic rings. The van der Waals surface area contributed by atoms with E-state index in [0.29, 0.717) is 5.69 Å². The summed E-state index contributed by atoms with van der Waals surface area (Å²) < 4.78 is 2.38. The van der Waals surface area contributed by atoms with Crippen LogP contribution < -0.4 is 4.90 Å². The molecule has 0 saturated heterocycles. The van der Waals surface area contributed by atoms with Gasteiger partial charge in [0.05, 0.1) is 5.52 Å². The van der Waals surface area contributed by atoms with Gasteiger partial charge in [-0.1, -0.05) is 43.5 Å². The van der Waals surface area contributed by atoms with Crippen molar-refractivity contribution in [3.8, 4) is 0 Å². The fourth-order valence-corrected chi connectivity index (χ4v) is 5.63. The number of hydrogen-bond acceptors (Lipinski definition) is 3. The summed E-state index contributed by atoms with van der Waals surface area (Å²) in [4.78, 5) is 20.9. The topological polar surface area (TPSA) is 38.1 Å². The highest BCUT2D eigenvalue weighted by atomic mass is 16.1. The van der Waals surface area contributed by atoms with Crippen molar-refractivity contribution in [2.75, 3.05) is 11.4 Å². The highest BCUT2D eigenvalue weighted by molar-refractivity contribution is 6.03. The lowest BCUT2D eigenvalue weighted by Crippen LogP contribution is -2.32. The summed E-state index contributed by atoms with van der Waals surface area (Å²) in [7, 11) is 0. The van der Waals surface area contributed by atoms with E-state index in [0.717, 1.165) is 44.7 Å². The van der Waals surface area contributed by atoms with Crippen LogP contribution in [0.1, 0.15) is 71.9 Å². The predicted octanol–water partition coefficient (Wildman–Crippen LogP) is 6.00.